The van der Waals surface area contributed by atoms with E-state index in [-0.39, 0.29) is 5.41 Å². The van der Waals surface area contributed by atoms with Crippen molar-refractivity contribution in [2.75, 3.05) is 13.2 Å². The number of hydrogen-bond acceptors (Lipinski definition) is 2. The molecule has 1 aliphatic rings. The van der Waals surface area contributed by atoms with E-state index >= 15 is 0 Å². The highest BCUT2D eigenvalue weighted by molar-refractivity contribution is 6.30. The van der Waals surface area contributed by atoms with Crippen LogP contribution in [-0.4, -0.2) is 13.2 Å². The number of nitrogens with two attached hydrogens (primary N) is 1. The van der Waals surface area contributed by atoms with Gasteiger partial charge in [0.25, 0.3) is 0 Å². The van der Waals surface area contributed by atoms with Crippen LogP contribution in [0, 0.1) is 5.41 Å². The molecule has 2 nitrogen and oxygen atoms in total. The monoisotopic (exact) mass is 251 g/mol. The fourth-order valence-electron chi connectivity index (χ4n) is 2.14. The second-order valence-electron chi connectivity index (χ2n) is 4.89. The van der Waals surface area contributed by atoms with E-state index in [2.05, 4.69) is 13.5 Å². The molecule has 0 saturated carbocycles. The summed E-state index contributed by atoms with van der Waals surface area (Å²) >= 11 is 6.13. The van der Waals surface area contributed by atoms with Gasteiger partial charge in [-0.3, -0.25) is 0 Å². The maximum Gasteiger partial charge on any atom is 0.125 e. The van der Waals surface area contributed by atoms with Gasteiger partial charge in [0.05, 0.1) is 6.61 Å². The Balaban J connectivity index is 2.36. The summed E-state index contributed by atoms with van der Waals surface area (Å²) in [5, 5.41) is 0.771. The van der Waals surface area contributed by atoms with E-state index in [9.17, 15) is 0 Å². The summed E-state index contributed by atoms with van der Waals surface area (Å²) in [6.07, 6.45) is 3.67. The minimum Gasteiger partial charge on any atom is -0.493 e. The van der Waals surface area contributed by atoms with Crippen molar-refractivity contribution >= 4 is 11.6 Å². The van der Waals surface area contributed by atoms with Crippen molar-refractivity contribution in [3.8, 4) is 5.75 Å². The Hall–Kier alpha value is -0.990. The van der Waals surface area contributed by atoms with E-state index in [0.29, 0.717) is 6.54 Å². The lowest BCUT2D eigenvalue weighted by Crippen LogP contribution is -2.27. The molecule has 0 radical (unpaired) electrons. The van der Waals surface area contributed by atoms with Gasteiger partial charge in [-0.25, -0.2) is 0 Å². The molecule has 0 aromatic heterocycles. The maximum absolute atomic E-state index is 6.13. The van der Waals surface area contributed by atoms with E-state index < -0.39 is 0 Å². The third-order valence-electron chi connectivity index (χ3n) is 3.38. The highest BCUT2D eigenvalue weighted by Crippen LogP contribution is 2.36. The summed E-state index contributed by atoms with van der Waals surface area (Å²) in [5.74, 6) is 0.996. The van der Waals surface area contributed by atoms with Gasteiger partial charge in [-0.15, -0.1) is 6.58 Å². The molecule has 1 aliphatic heterocycles. The van der Waals surface area contributed by atoms with Crippen LogP contribution in [0.4, 0.5) is 0 Å². The number of halogens is 1. The molecule has 1 atom stereocenters. The van der Waals surface area contributed by atoms with Crippen LogP contribution < -0.4 is 10.5 Å². The first kappa shape index (κ1) is 12.5. The first-order chi connectivity index (χ1) is 8.08. The molecule has 17 heavy (non-hydrogen) atoms. The summed E-state index contributed by atoms with van der Waals surface area (Å²) in [5.41, 5.74) is 8.04. The number of benzene rings is 1. The fourth-order valence-corrected chi connectivity index (χ4v) is 2.40. The van der Waals surface area contributed by atoms with Crippen molar-refractivity contribution < 1.29 is 4.74 Å². The molecular weight excluding hydrogens is 234 g/mol. The maximum atomic E-state index is 6.13. The van der Waals surface area contributed by atoms with Crippen molar-refractivity contribution in [3.63, 3.8) is 0 Å². The molecule has 3 heteroatoms. The van der Waals surface area contributed by atoms with Gasteiger partial charge in [-0.1, -0.05) is 24.6 Å². The van der Waals surface area contributed by atoms with E-state index in [1.807, 2.05) is 18.2 Å². The quantitative estimate of drug-likeness (QED) is 0.835. The Morgan fingerprint density at radius 3 is 3.00 bits per heavy atom. The summed E-state index contributed by atoms with van der Waals surface area (Å²) in [7, 11) is 0. The summed E-state index contributed by atoms with van der Waals surface area (Å²) < 4.78 is 5.69. The third-order valence-corrected chi connectivity index (χ3v) is 3.60. The Labute approximate surface area is 107 Å². The minimum atomic E-state index is -0.107. The van der Waals surface area contributed by atoms with Crippen LogP contribution in [0.25, 0.3) is 0 Å². The Morgan fingerprint density at radius 2 is 2.35 bits per heavy atom. The lowest BCUT2D eigenvalue weighted by Gasteiger charge is -2.24. The average molecular weight is 252 g/mol. The molecule has 2 N–H and O–H groups in total. The van der Waals surface area contributed by atoms with Crippen LogP contribution >= 0.6 is 11.6 Å². The van der Waals surface area contributed by atoms with Crippen LogP contribution in [0.1, 0.15) is 18.1 Å². The lowest BCUT2D eigenvalue weighted by molar-refractivity contribution is 0.346. The SMILES string of the molecule is C=CC(C)(CN)Cc1cc(Cl)cc2c1OCC2. The molecule has 92 valence electrons. The van der Waals surface area contributed by atoms with Crippen molar-refractivity contribution in [2.45, 2.75) is 19.8 Å². The molecule has 0 bridgehead atoms. The summed E-state index contributed by atoms with van der Waals surface area (Å²) in [6.45, 7) is 7.27. The minimum absolute atomic E-state index is 0.107. The fraction of sp³-hybridized carbons (Fsp3) is 0.429. The highest BCUT2D eigenvalue weighted by atomic mass is 35.5. The number of ether oxygens (including phenoxy) is 1. The Bertz CT molecular complexity index is 444. The predicted molar refractivity (Wildman–Crippen MR) is 71.7 cm³/mol. The van der Waals surface area contributed by atoms with Gasteiger partial charge in [0, 0.05) is 23.4 Å². The zero-order valence-electron chi connectivity index (χ0n) is 10.1. The molecule has 0 fully saturated rings. The van der Waals surface area contributed by atoms with Gasteiger partial charge in [-0.05, 0) is 29.7 Å². The average Bonchev–Trinajstić information content (AvgIpc) is 2.77. The molecule has 0 saturated heterocycles. The van der Waals surface area contributed by atoms with Crippen molar-refractivity contribution in [2.24, 2.45) is 11.1 Å². The molecule has 1 aromatic carbocycles. The summed E-state index contributed by atoms with van der Waals surface area (Å²) in [4.78, 5) is 0. The van der Waals surface area contributed by atoms with Gasteiger partial charge in [0.1, 0.15) is 5.75 Å². The second kappa shape index (κ2) is 4.71. The predicted octanol–water partition coefficient (Wildman–Crippen LogP) is 2.97. The molecule has 1 aromatic rings. The molecular formula is C14H18ClNO. The highest BCUT2D eigenvalue weighted by Gasteiger charge is 2.24. The number of rotatable bonds is 4. The standard InChI is InChI=1S/C14H18ClNO/c1-3-14(2,9-16)8-11-7-12(15)6-10-4-5-17-13(10)11/h3,6-7H,1,4-5,8-9,16H2,2H3. The zero-order chi connectivity index (χ0) is 12.5. The number of fused-ring (bicyclic) bond motifs is 1. The van der Waals surface area contributed by atoms with Crippen molar-refractivity contribution in [1.29, 1.82) is 0 Å². The van der Waals surface area contributed by atoms with Gasteiger partial charge < -0.3 is 10.5 Å². The van der Waals surface area contributed by atoms with Crippen LogP contribution in [-0.2, 0) is 12.8 Å². The molecule has 0 amide bonds. The lowest BCUT2D eigenvalue weighted by atomic mass is 9.83. The summed E-state index contributed by atoms with van der Waals surface area (Å²) in [6, 6.07) is 3.96. The molecule has 0 aliphatic carbocycles. The van der Waals surface area contributed by atoms with E-state index in [4.69, 9.17) is 22.1 Å². The third kappa shape index (κ3) is 2.48. The first-order valence-corrected chi connectivity index (χ1v) is 6.23. The van der Waals surface area contributed by atoms with Crippen LogP contribution in [0.2, 0.25) is 5.02 Å². The topological polar surface area (TPSA) is 35.2 Å². The van der Waals surface area contributed by atoms with E-state index in [1.165, 1.54) is 5.56 Å². The van der Waals surface area contributed by atoms with E-state index in [0.717, 1.165) is 35.8 Å². The molecule has 2 rings (SSSR count). The molecule has 1 heterocycles. The van der Waals surface area contributed by atoms with Crippen molar-refractivity contribution in [1.82, 2.24) is 0 Å². The Morgan fingerprint density at radius 1 is 1.59 bits per heavy atom. The van der Waals surface area contributed by atoms with Crippen LogP contribution in [0.3, 0.4) is 0 Å². The Kier molecular flexibility index (Phi) is 3.45. The van der Waals surface area contributed by atoms with Crippen molar-refractivity contribution in [3.05, 3.63) is 40.9 Å². The normalized spacial score (nSPS) is 17.1. The number of hydrogen-bond donors (Lipinski definition) is 1. The largest absolute Gasteiger partial charge is 0.493 e. The second-order valence-corrected chi connectivity index (χ2v) is 5.33. The smallest absolute Gasteiger partial charge is 0.125 e. The van der Waals surface area contributed by atoms with Gasteiger partial charge >= 0.3 is 0 Å². The van der Waals surface area contributed by atoms with Crippen LogP contribution in [0.5, 0.6) is 5.75 Å². The van der Waals surface area contributed by atoms with Gasteiger partial charge in [0.15, 0.2) is 0 Å². The molecule has 1 unspecified atom stereocenters. The van der Waals surface area contributed by atoms with E-state index in [1.54, 1.807) is 0 Å². The van der Waals surface area contributed by atoms with Crippen LogP contribution in [0.15, 0.2) is 24.8 Å². The van der Waals surface area contributed by atoms with Gasteiger partial charge in [-0.2, -0.15) is 0 Å². The van der Waals surface area contributed by atoms with Gasteiger partial charge in [0.2, 0.25) is 0 Å². The molecule has 0 spiro atoms. The zero-order valence-corrected chi connectivity index (χ0v) is 10.9. The first-order valence-electron chi connectivity index (χ1n) is 5.86.